The number of hydrogen-bond acceptors (Lipinski definition) is 6. The molecule has 0 radical (unpaired) electrons. The normalized spacial score (nSPS) is 19.2. The Bertz CT molecular complexity index is 1570. The standard InChI is InChI=1S/C30H29N5O2S/c36-29(33-16-23-12-21-14-31-17-27(21)38-23)26-11-9-22-15-32-28(30(37)35(22)26)34-25-10-8-19-6-7-20(13-24(19)25)18-4-2-1-3-5-18/h1-7,12-13,15,25-26,31H,8-11,14,16-17H2,(H,32,34)(H,33,36). The van der Waals surface area contributed by atoms with E-state index in [1.807, 2.05) is 18.2 Å². The fourth-order valence-corrected chi connectivity index (χ4v) is 7.13. The summed E-state index contributed by atoms with van der Waals surface area (Å²) in [5.74, 6) is 0.215. The predicted molar refractivity (Wildman–Crippen MR) is 149 cm³/mol. The summed E-state index contributed by atoms with van der Waals surface area (Å²) in [4.78, 5) is 33.8. The second kappa shape index (κ2) is 9.53. The minimum atomic E-state index is -0.505. The van der Waals surface area contributed by atoms with Crippen molar-refractivity contribution in [2.24, 2.45) is 0 Å². The Balaban J connectivity index is 1.10. The van der Waals surface area contributed by atoms with Gasteiger partial charge in [-0.2, -0.15) is 0 Å². The Hall–Kier alpha value is -3.75. The Morgan fingerprint density at radius 1 is 1.03 bits per heavy atom. The number of nitrogens with zero attached hydrogens (tertiary/aromatic N) is 2. The maximum atomic E-state index is 13.6. The summed E-state index contributed by atoms with van der Waals surface area (Å²) in [5.41, 5.74) is 6.79. The monoisotopic (exact) mass is 523 g/mol. The van der Waals surface area contributed by atoms with Gasteiger partial charge in [-0.05, 0) is 65.6 Å². The van der Waals surface area contributed by atoms with Crippen molar-refractivity contribution in [3.8, 4) is 11.1 Å². The first kappa shape index (κ1) is 23.4. The van der Waals surface area contributed by atoms with Gasteiger partial charge in [0.25, 0.3) is 5.56 Å². The summed E-state index contributed by atoms with van der Waals surface area (Å²) >= 11 is 1.74. The summed E-state index contributed by atoms with van der Waals surface area (Å²) in [6.45, 7) is 2.30. The van der Waals surface area contributed by atoms with Crippen LogP contribution in [0.2, 0.25) is 0 Å². The van der Waals surface area contributed by atoms with Gasteiger partial charge in [0, 0.05) is 34.7 Å². The van der Waals surface area contributed by atoms with Crippen molar-refractivity contribution in [2.45, 2.75) is 57.4 Å². The van der Waals surface area contributed by atoms with Gasteiger partial charge in [0.2, 0.25) is 5.91 Å². The number of hydrogen-bond donors (Lipinski definition) is 3. The van der Waals surface area contributed by atoms with Crippen LogP contribution in [0.15, 0.2) is 65.6 Å². The Labute approximate surface area is 224 Å². The van der Waals surface area contributed by atoms with E-state index in [4.69, 9.17) is 0 Å². The Morgan fingerprint density at radius 3 is 2.79 bits per heavy atom. The lowest BCUT2D eigenvalue weighted by molar-refractivity contribution is -0.124. The number of amides is 1. The van der Waals surface area contributed by atoms with Crippen LogP contribution >= 0.6 is 11.3 Å². The van der Waals surface area contributed by atoms with Gasteiger partial charge in [0.1, 0.15) is 6.04 Å². The Kier molecular flexibility index (Phi) is 5.86. The zero-order valence-electron chi connectivity index (χ0n) is 21.0. The average molecular weight is 524 g/mol. The third kappa shape index (κ3) is 4.14. The Morgan fingerprint density at radius 2 is 1.92 bits per heavy atom. The molecule has 192 valence electrons. The molecule has 0 fully saturated rings. The van der Waals surface area contributed by atoms with Crippen molar-refractivity contribution < 1.29 is 4.79 Å². The van der Waals surface area contributed by atoms with Crippen molar-refractivity contribution >= 4 is 23.1 Å². The van der Waals surface area contributed by atoms with Crippen molar-refractivity contribution in [2.75, 3.05) is 5.32 Å². The van der Waals surface area contributed by atoms with Crippen LogP contribution in [0.5, 0.6) is 0 Å². The molecular weight excluding hydrogens is 494 g/mol. The number of rotatable bonds is 6. The van der Waals surface area contributed by atoms with Crippen LogP contribution in [0, 0.1) is 0 Å². The van der Waals surface area contributed by atoms with Crippen LogP contribution < -0.4 is 21.5 Å². The molecule has 0 saturated carbocycles. The number of aromatic nitrogens is 2. The van der Waals surface area contributed by atoms with Crippen LogP contribution in [0.4, 0.5) is 5.82 Å². The highest BCUT2D eigenvalue weighted by atomic mass is 32.1. The number of aryl methyl sites for hydroxylation is 2. The van der Waals surface area contributed by atoms with E-state index >= 15 is 0 Å². The topological polar surface area (TPSA) is 88.1 Å². The third-order valence-corrected chi connectivity index (χ3v) is 9.17. The fourth-order valence-electron chi connectivity index (χ4n) is 6.03. The maximum Gasteiger partial charge on any atom is 0.294 e. The molecule has 38 heavy (non-hydrogen) atoms. The van der Waals surface area contributed by atoms with E-state index in [9.17, 15) is 9.59 Å². The number of anilines is 1. The van der Waals surface area contributed by atoms with E-state index in [-0.39, 0.29) is 17.5 Å². The summed E-state index contributed by atoms with van der Waals surface area (Å²) in [7, 11) is 0. The quantitative estimate of drug-likeness (QED) is 0.347. The molecule has 3 aliphatic rings. The van der Waals surface area contributed by atoms with Gasteiger partial charge in [-0.15, -0.1) is 11.3 Å². The molecule has 3 N–H and O–H groups in total. The third-order valence-electron chi connectivity index (χ3n) is 7.99. The molecule has 7 rings (SSSR count). The molecule has 0 spiro atoms. The lowest BCUT2D eigenvalue weighted by Crippen LogP contribution is -2.36. The first-order chi connectivity index (χ1) is 18.6. The molecule has 2 aromatic carbocycles. The minimum Gasteiger partial charge on any atom is -0.359 e. The molecule has 1 amide bonds. The van der Waals surface area contributed by atoms with Crippen LogP contribution in [-0.4, -0.2) is 15.5 Å². The molecule has 2 aromatic heterocycles. The van der Waals surface area contributed by atoms with Gasteiger partial charge in [-0.3, -0.25) is 14.2 Å². The van der Waals surface area contributed by atoms with Crippen molar-refractivity contribution in [3.05, 3.63) is 103 Å². The highest BCUT2D eigenvalue weighted by Crippen LogP contribution is 2.36. The number of carbonyl (C=O) groups excluding carboxylic acids is 1. The fraction of sp³-hybridized carbons (Fsp3) is 0.300. The summed E-state index contributed by atoms with van der Waals surface area (Å²) in [6.07, 6.45) is 4.91. The van der Waals surface area contributed by atoms with Gasteiger partial charge >= 0.3 is 0 Å². The van der Waals surface area contributed by atoms with E-state index in [0.717, 1.165) is 36.5 Å². The largest absolute Gasteiger partial charge is 0.359 e. The molecule has 2 unspecified atom stereocenters. The van der Waals surface area contributed by atoms with Crippen LogP contribution in [0.1, 0.15) is 57.1 Å². The number of thiophene rings is 1. The van der Waals surface area contributed by atoms with E-state index in [1.165, 1.54) is 32.7 Å². The molecule has 1 aliphatic carbocycles. The molecule has 0 bridgehead atoms. The second-order valence-corrected chi connectivity index (χ2v) is 11.5. The van der Waals surface area contributed by atoms with E-state index < -0.39 is 6.04 Å². The lowest BCUT2D eigenvalue weighted by atomic mass is 9.99. The smallest absolute Gasteiger partial charge is 0.294 e. The zero-order valence-corrected chi connectivity index (χ0v) is 21.8. The lowest BCUT2D eigenvalue weighted by Gasteiger charge is -2.18. The number of fused-ring (bicyclic) bond motifs is 3. The molecule has 4 heterocycles. The minimum absolute atomic E-state index is 0.0106. The molecular formula is C30H29N5O2S. The highest BCUT2D eigenvalue weighted by molar-refractivity contribution is 7.12. The SMILES string of the molecule is O=C(NCc1cc2c(s1)CNC2)C1CCc2cnc(NC3CCc4ccc(-c5ccccc5)cc43)c(=O)n21. The summed E-state index contributed by atoms with van der Waals surface area (Å²) in [6, 6.07) is 18.6. The van der Waals surface area contributed by atoms with E-state index in [1.54, 1.807) is 22.1 Å². The van der Waals surface area contributed by atoms with E-state index in [0.29, 0.717) is 25.2 Å². The van der Waals surface area contributed by atoms with E-state index in [2.05, 4.69) is 57.3 Å². The zero-order chi connectivity index (χ0) is 25.6. The first-order valence-electron chi connectivity index (χ1n) is 13.3. The van der Waals surface area contributed by atoms with Gasteiger partial charge in [-0.25, -0.2) is 4.98 Å². The number of nitrogens with one attached hydrogen (secondary N) is 3. The maximum absolute atomic E-state index is 13.6. The van der Waals surface area contributed by atoms with Crippen molar-refractivity contribution in [3.63, 3.8) is 0 Å². The molecule has 2 atom stereocenters. The molecule has 4 aromatic rings. The average Bonchev–Trinajstić information content (AvgIpc) is 3.73. The molecule has 8 heteroatoms. The highest BCUT2D eigenvalue weighted by Gasteiger charge is 2.32. The van der Waals surface area contributed by atoms with Gasteiger partial charge < -0.3 is 16.0 Å². The van der Waals surface area contributed by atoms with Gasteiger partial charge in [0.05, 0.1) is 12.6 Å². The second-order valence-electron chi connectivity index (χ2n) is 10.3. The first-order valence-corrected chi connectivity index (χ1v) is 14.1. The van der Waals surface area contributed by atoms with Crippen LogP contribution in [0.3, 0.4) is 0 Å². The number of carbonyl (C=O) groups is 1. The van der Waals surface area contributed by atoms with Crippen LogP contribution in [0.25, 0.3) is 11.1 Å². The van der Waals surface area contributed by atoms with Gasteiger partial charge in [-0.1, -0.05) is 42.5 Å². The summed E-state index contributed by atoms with van der Waals surface area (Å²) < 4.78 is 1.65. The van der Waals surface area contributed by atoms with Gasteiger partial charge in [0.15, 0.2) is 5.82 Å². The molecule has 0 saturated heterocycles. The van der Waals surface area contributed by atoms with Crippen LogP contribution in [-0.2, 0) is 37.3 Å². The summed E-state index contributed by atoms with van der Waals surface area (Å²) in [5, 5.41) is 9.85. The molecule has 7 nitrogen and oxygen atoms in total. The van der Waals surface area contributed by atoms with Crippen molar-refractivity contribution in [1.82, 2.24) is 20.2 Å². The molecule has 2 aliphatic heterocycles. The predicted octanol–water partition coefficient (Wildman–Crippen LogP) is 4.48. The van der Waals surface area contributed by atoms with Crippen molar-refractivity contribution in [1.29, 1.82) is 0 Å². The number of benzene rings is 2.